The molecule has 0 aliphatic carbocycles. The van der Waals surface area contributed by atoms with Gasteiger partial charge in [-0.25, -0.2) is 4.98 Å². The standard InChI is InChI=1S/C14H22BN3O3/c1-13(2)14(3,4)21-15(20-13)11-9-17-12(10-16-11)18-5-7-19-8-6-18/h9-10H,5-8H2,1-4H3/i5D2,6D2,7D2,8D2,9D,10D. The fraction of sp³-hybridized carbons (Fsp3) is 0.714. The van der Waals surface area contributed by atoms with Crippen molar-refractivity contribution in [3.8, 4) is 0 Å². The molecule has 0 unspecified atom stereocenters. The molecule has 2 aliphatic rings. The van der Waals surface area contributed by atoms with Crippen LogP contribution in [0.3, 0.4) is 0 Å². The van der Waals surface area contributed by atoms with E-state index in [2.05, 4.69) is 14.7 Å². The second kappa shape index (κ2) is 5.23. The monoisotopic (exact) mass is 301 g/mol. The van der Waals surface area contributed by atoms with Gasteiger partial charge in [0.25, 0.3) is 0 Å². The Kier molecular flexibility index (Phi) is 1.73. The van der Waals surface area contributed by atoms with Gasteiger partial charge < -0.3 is 18.9 Å². The van der Waals surface area contributed by atoms with Crippen molar-refractivity contribution in [2.75, 3.05) is 31.0 Å². The third-order valence-corrected chi connectivity index (χ3v) is 3.66. The molecule has 2 aliphatic heterocycles. The summed E-state index contributed by atoms with van der Waals surface area (Å²) in [6.07, 6.45) is -1.44. The largest absolute Gasteiger partial charge is 0.516 e. The van der Waals surface area contributed by atoms with E-state index in [4.69, 9.17) is 23.0 Å². The maximum Gasteiger partial charge on any atom is 0.516 e. The molecule has 0 N–H and O–H groups in total. The predicted octanol–water partition coefficient (Wildman–Crippen LogP) is 0.612. The van der Waals surface area contributed by atoms with E-state index in [1.54, 1.807) is 27.7 Å². The number of hydrogen-bond donors (Lipinski definition) is 0. The molecule has 0 radical (unpaired) electrons. The number of hydrogen-bond acceptors (Lipinski definition) is 6. The fourth-order valence-corrected chi connectivity index (χ4v) is 1.73. The van der Waals surface area contributed by atoms with Gasteiger partial charge in [-0.3, -0.25) is 4.98 Å². The van der Waals surface area contributed by atoms with Gasteiger partial charge in [0.05, 0.1) is 49.8 Å². The number of morpholine rings is 1. The summed E-state index contributed by atoms with van der Waals surface area (Å²) in [6.45, 7) is -6.18. The van der Waals surface area contributed by atoms with Crippen molar-refractivity contribution in [3.05, 3.63) is 12.3 Å². The van der Waals surface area contributed by atoms with Crippen LogP contribution in [0.4, 0.5) is 5.82 Å². The molecular formula is C14H22BN3O3. The summed E-state index contributed by atoms with van der Waals surface area (Å²) in [5.41, 5.74) is -1.76. The van der Waals surface area contributed by atoms with Gasteiger partial charge in [-0.2, -0.15) is 0 Å². The van der Waals surface area contributed by atoms with Crippen LogP contribution < -0.4 is 10.5 Å². The minimum absolute atomic E-state index is 0.0187. The van der Waals surface area contributed by atoms with Crippen LogP contribution in [-0.4, -0.2) is 54.4 Å². The third-order valence-electron chi connectivity index (χ3n) is 3.66. The van der Waals surface area contributed by atoms with Crippen molar-refractivity contribution in [1.29, 1.82) is 0 Å². The molecule has 3 heterocycles. The highest BCUT2D eigenvalue weighted by atomic mass is 16.7. The lowest BCUT2D eigenvalue weighted by Crippen LogP contribution is -2.41. The van der Waals surface area contributed by atoms with Crippen LogP contribution in [0.25, 0.3) is 0 Å². The van der Waals surface area contributed by atoms with Crippen LogP contribution in [0.15, 0.2) is 12.3 Å². The number of aromatic nitrogens is 2. The molecule has 0 spiro atoms. The van der Waals surface area contributed by atoms with Gasteiger partial charge in [-0.05, 0) is 27.7 Å². The first-order valence-electron chi connectivity index (χ1n) is 11.4. The molecule has 21 heavy (non-hydrogen) atoms. The topological polar surface area (TPSA) is 56.7 Å². The molecule has 2 saturated heterocycles. The summed E-state index contributed by atoms with van der Waals surface area (Å²) in [7, 11) is -1.17. The first kappa shape index (κ1) is 6.94. The first-order chi connectivity index (χ1) is 13.7. The minimum Gasteiger partial charge on any atom is -0.398 e. The quantitative estimate of drug-likeness (QED) is 0.746. The van der Waals surface area contributed by atoms with Gasteiger partial charge >= 0.3 is 7.12 Å². The second-order valence-corrected chi connectivity index (χ2v) is 5.61. The Morgan fingerprint density at radius 1 is 1.14 bits per heavy atom. The van der Waals surface area contributed by atoms with E-state index in [9.17, 15) is 0 Å². The minimum atomic E-state index is -3.32. The summed E-state index contributed by atoms with van der Waals surface area (Å²) in [6, 6.07) is 0. The number of anilines is 1. The summed E-state index contributed by atoms with van der Waals surface area (Å²) in [5, 5.41) is 0. The molecular weight excluding hydrogens is 269 g/mol. The molecule has 1 aromatic rings. The van der Waals surface area contributed by atoms with Gasteiger partial charge in [0, 0.05) is 19.2 Å². The molecule has 1 aromatic heterocycles. The summed E-state index contributed by atoms with van der Waals surface area (Å²) in [5.74, 6) is -0.865. The van der Waals surface area contributed by atoms with Crippen molar-refractivity contribution < 1.29 is 27.8 Å². The third kappa shape index (κ3) is 2.77. The zero-order chi connectivity index (χ0) is 24.0. The number of ether oxygens (including phenoxy) is 1. The fourth-order valence-electron chi connectivity index (χ4n) is 1.73. The maximum absolute atomic E-state index is 8.20. The van der Waals surface area contributed by atoms with Gasteiger partial charge in [-0.1, -0.05) is 0 Å². The van der Waals surface area contributed by atoms with Crippen LogP contribution >= 0.6 is 0 Å². The average Bonchev–Trinajstić information content (AvgIpc) is 2.75. The summed E-state index contributed by atoms with van der Waals surface area (Å²) < 4.78 is 95.7. The summed E-state index contributed by atoms with van der Waals surface area (Å²) in [4.78, 5) is 7.68. The van der Waals surface area contributed by atoms with Crippen LogP contribution in [0.5, 0.6) is 0 Å². The van der Waals surface area contributed by atoms with Gasteiger partial charge in [-0.15, -0.1) is 0 Å². The van der Waals surface area contributed by atoms with E-state index < -0.39 is 62.6 Å². The van der Waals surface area contributed by atoms with E-state index in [-0.39, 0.29) is 10.5 Å². The lowest BCUT2D eigenvalue weighted by molar-refractivity contribution is 0.00578. The Bertz CT molecular complexity index is 872. The number of nitrogens with zero attached hydrogens (tertiary/aromatic N) is 3. The molecule has 0 saturated carbocycles. The lowest BCUT2D eigenvalue weighted by atomic mass is 9.85. The van der Waals surface area contributed by atoms with Crippen molar-refractivity contribution in [2.45, 2.75) is 38.9 Å². The molecule has 0 aromatic carbocycles. The molecule has 6 nitrogen and oxygen atoms in total. The highest BCUT2D eigenvalue weighted by Gasteiger charge is 2.52. The highest BCUT2D eigenvalue weighted by Crippen LogP contribution is 2.36. The molecule has 3 rings (SSSR count). The molecule has 114 valence electrons. The Labute approximate surface area is 140 Å². The van der Waals surface area contributed by atoms with Crippen LogP contribution in [0.2, 0.25) is 0 Å². The van der Waals surface area contributed by atoms with Gasteiger partial charge in [0.15, 0.2) is 0 Å². The number of rotatable bonds is 2. The van der Waals surface area contributed by atoms with Crippen molar-refractivity contribution in [1.82, 2.24) is 9.97 Å². The van der Waals surface area contributed by atoms with Crippen molar-refractivity contribution in [3.63, 3.8) is 0 Å². The SMILES string of the molecule is [2H]c1nc(N2C([2H])([2H])C([2H])([2H])OC([2H])([2H])C2([2H])[2H])c([2H])nc1B1OC(C)(C)C(C)(C)O1. The maximum atomic E-state index is 8.20. The first-order valence-corrected chi connectivity index (χ1v) is 6.39. The molecule has 7 heteroatoms. The van der Waals surface area contributed by atoms with Gasteiger partial charge in [0.2, 0.25) is 0 Å². The molecule has 0 atom stereocenters. The zero-order valence-electron chi connectivity index (χ0n) is 22.1. The van der Waals surface area contributed by atoms with Crippen molar-refractivity contribution in [2.24, 2.45) is 0 Å². The summed E-state index contributed by atoms with van der Waals surface area (Å²) >= 11 is 0. The van der Waals surface area contributed by atoms with E-state index >= 15 is 0 Å². The van der Waals surface area contributed by atoms with Crippen LogP contribution in [-0.2, 0) is 14.0 Å². The van der Waals surface area contributed by atoms with Crippen molar-refractivity contribution >= 4 is 18.5 Å². The van der Waals surface area contributed by atoms with Gasteiger partial charge in [0.1, 0.15) is 5.82 Å². The second-order valence-electron chi connectivity index (χ2n) is 5.61. The predicted molar refractivity (Wildman–Crippen MR) is 80.8 cm³/mol. The van der Waals surface area contributed by atoms with E-state index in [1.807, 2.05) is 0 Å². The Morgan fingerprint density at radius 2 is 1.76 bits per heavy atom. The van der Waals surface area contributed by atoms with E-state index in [0.29, 0.717) is 0 Å². The molecule has 0 amide bonds. The van der Waals surface area contributed by atoms with E-state index in [0.717, 1.165) is 0 Å². The smallest absolute Gasteiger partial charge is 0.398 e. The molecule has 0 bridgehead atoms. The Balaban J connectivity index is 2.13. The zero-order valence-corrected chi connectivity index (χ0v) is 12.1. The molecule has 2 fully saturated rings. The highest BCUT2D eigenvalue weighted by molar-refractivity contribution is 6.61. The van der Waals surface area contributed by atoms with Crippen LogP contribution in [0, 0.1) is 0 Å². The van der Waals surface area contributed by atoms with E-state index in [1.165, 1.54) is 0 Å². The Hall–Kier alpha value is -1.18. The average molecular weight is 301 g/mol. The normalized spacial score (nSPS) is 41.0. The van der Waals surface area contributed by atoms with Crippen LogP contribution in [0.1, 0.15) is 41.4 Å². The lowest BCUT2D eigenvalue weighted by Gasteiger charge is -2.32. The Morgan fingerprint density at radius 3 is 2.38 bits per heavy atom.